The van der Waals surface area contributed by atoms with Crippen LogP contribution in [0.25, 0.3) is 0 Å². The van der Waals surface area contributed by atoms with Gasteiger partial charge in [0.15, 0.2) is 5.78 Å². The number of hydrogen-bond donors (Lipinski definition) is 0. The highest BCUT2D eigenvalue weighted by molar-refractivity contribution is 5.96. The van der Waals surface area contributed by atoms with E-state index in [0.717, 1.165) is 0 Å². The van der Waals surface area contributed by atoms with E-state index in [0.29, 0.717) is 23.7 Å². The molecular formula is C13H17NO2. The molecule has 0 spiro atoms. The van der Waals surface area contributed by atoms with E-state index in [9.17, 15) is 4.79 Å². The van der Waals surface area contributed by atoms with Crippen LogP contribution in [-0.2, 0) is 0 Å². The number of pyridine rings is 1. The SMILES string of the molecule is COc1cncc(C(=O)CC2CCCC2)c1. The van der Waals surface area contributed by atoms with Gasteiger partial charge in [0, 0.05) is 18.2 Å². The van der Waals surface area contributed by atoms with Crippen molar-refractivity contribution in [2.24, 2.45) is 5.92 Å². The Balaban J connectivity index is 2.01. The van der Waals surface area contributed by atoms with Gasteiger partial charge in [-0.15, -0.1) is 0 Å². The van der Waals surface area contributed by atoms with E-state index in [1.807, 2.05) is 0 Å². The molecule has 1 aromatic heterocycles. The first-order valence-corrected chi connectivity index (χ1v) is 5.82. The molecule has 16 heavy (non-hydrogen) atoms. The normalized spacial score (nSPS) is 16.3. The molecular weight excluding hydrogens is 202 g/mol. The molecule has 3 nitrogen and oxygen atoms in total. The van der Waals surface area contributed by atoms with E-state index in [1.54, 1.807) is 25.6 Å². The van der Waals surface area contributed by atoms with Crippen LogP contribution in [0, 0.1) is 5.92 Å². The minimum absolute atomic E-state index is 0.193. The molecule has 0 radical (unpaired) electrons. The molecule has 1 fully saturated rings. The molecule has 0 aliphatic heterocycles. The quantitative estimate of drug-likeness (QED) is 0.731. The summed E-state index contributed by atoms with van der Waals surface area (Å²) < 4.78 is 5.06. The fourth-order valence-corrected chi connectivity index (χ4v) is 2.28. The summed E-state index contributed by atoms with van der Waals surface area (Å²) in [7, 11) is 1.59. The number of carbonyl (C=O) groups is 1. The Kier molecular flexibility index (Phi) is 3.54. The summed E-state index contributed by atoms with van der Waals surface area (Å²) in [5.41, 5.74) is 0.672. The highest BCUT2D eigenvalue weighted by Gasteiger charge is 2.19. The highest BCUT2D eigenvalue weighted by Crippen LogP contribution is 2.28. The zero-order valence-corrected chi connectivity index (χ0v) is 9.61. The third kappa shape index (κ3) is 2.60. The van der Waals surface area contributed by atoms with Crippen molar-refractivity contribution in [3.8, 4) is 5.75 Å². The fourth-order valence-electron chi connectivity index (χ4n) is 2.28. The number of Topliss-reactive ketones (excluding diaryl/α,β-unsaturated/α-hetero) is 1. The van der Waals surface area contributed by atoms with Crippen molar-refractivity contribution in [1.29, 1.82) is 0 Å². The summed E-state index contributed by atoms with van der Waals surface area (Å²) in [5.74, 6) is 1.43. The van der Waals surface area contributed by atoms with Crippen molar-refractivity contribution in [1.82, 2.24) is 4.98 Å². The van der Waals surface area contributed by atoms with Crippen LogP contribution >= 0.6 is 0 Å². The average molecular weight is 219 g/mol. The predicted molar refractivity (Wildman–Crippen MR) is 61.7 cm³/mol. The molecule has 1 aliphatic carbocycles. The summed E-state index contributed by atoms with van der Waals surface area (Å²) in [4.78, 5) is 16.0. The van der Waals surface area contributed by atoms with E-state index in [1.165, 1.54) is 25.7 Å². The van der Waals surface area contributed by atoms with Crippen molar-refractivity contribution in [3.63, 3.8) is 0 Å². The molecule has 1 saturated carbocycles. The number of ether oxygens (including phenoxy) is 1. The lowest BCUT2D eigenvalue weighted by Crippen LogP contribution is -2.06. The molecule has 0 amide bonds. The lowest BCUT2D eigenvalue weighted by molar-refractivity contribution is 0.0961. The van der Waals surface area contributed by atoms with E-state index in [2.05, 4.69) is 4.98 Å². The molecule has 0 unspecified atom stereocenters. The van der Waals surface area contributed by atoms with Crippen LogP contribution in [0.2, 0.25) is 0 Å². The van der Waals surface area contributed by atoms with Gasteiger partial charge in [0.1, 0.15) is 5.75 Å². The molecule has 0 atom stereocenters. The van der Waals surface area contributed by atoms with Crippen molar-refractivity contribution in [2.75, 3.05) is 7.11 Å². The number of carbonyl (C=O) groups excluding carboxylic acids is 1. The van der Waals surface area contributed by atoms with Crippen LogP contribution in [-0.4, -0.2) is 17.9 Å². The zero-order valence-electron chi connectivity index (χ0n) is 9.61. The molecule has 1 aliphatic rings. The van der Waals surface area contributed by atoms with E-state index < -0.39 is 0 Å². The minimum atomic E-state index is 0.193. The van der Waals surface area contributed by atoms with Gasteiger partial charge in [-0.05, 0) is 12.0 Å². The molecule has 0 bridgehead atoms. The summed E-state index contributed by atoms with van der Waals surface area (Å²) in [5, 5.41) is 0. The summed E-state index contributed by atoms with van der Waals surface area (Å²) >= 11 is 0. The molecule has 2 rings (SSSR count). The standard InChI is InChI=1S/C13H17NO2/c1-16-12-7-11(8-14-9-12)13(15)6-10-4-2-3-5-10/h7-10H,2-6H2,1H3. The number of methoxy groups -OCH3 is 1. The van der Waals surface area contributed by atoms with Crippen LogP contribution in [0.15, 0.2) is 18.5 Å². The number of rotatable bonds is 4. The number of hydrogen-bond acceptors (Lipinski definition) is 3. The predicted octanol–water partition coefficient (Wildman–Crippen LogP) is 2.85. The van der Waals surface area contributed by atoms with Crippen LogP contribution in [0.4, 0.5) is 0 Å². The van der Waals surface area contributed by atoms with Crippen LogP contribution in [0.3, 0.4) is 0 Å². The largest absolute Gasteiger partial charge is 0.495 e. The molecule has 0 aromatic carbocycles. The number of aromatic nitrogens is 1. The van der Waals surface area contributed by atoms with Gasteiger partial charge in [-0.25, -0.2) is 0 Å². The van der Waals surface area contributed by atoms with Gasteiger partial charge in [0.2, 0.25) is 0 Å². The molecule has 0 saturated heterocycles. The first-order valence-electron chi connectivity index (χ1n) is 5.82. The van der Waals surface area contributed by atoms with Gasteiger partial charge in [-0.2, -0.15) is 0 Å². The lowest BCUT2D eigenvalue weighted by Gasteiger charge is -2.08. The van der Waals surface area contributed by atoms with E-state index >= 15 is 0 Å². The molecule has 0 N–H and O–H groups in total. The fraction of sp³-hybridized carbons (Fsp3) is 0.538. The van der Waals surface area contributed by atoms with Crippen molar-refractivity contribution in [3.05, 3.63) is 24.0 Å². The van der Waals surface area contributed by atoms with Crippen molar-refractivity contribution >= 4 is 5.78 Å². The van der Waals surface area contributed by atoms with Gasteiger partial charge in [0.05, 0.1) is 13.3 Å². The Hall–Kier alpha value is -1.38. The molecule has 3 heteroatoms. The second kappa shape index (κ2) is 5.10. The Morgan fingerprint density at radius 1 is 1.44 bits per heavy atom. The Morgan fingerprint density at radius 2 is 2.19 bits per heavy atom. The van der Waals surface area contributed by atoms with Crippen LogP contribution in [0.1, 0.15) is 42.5 Å². The third-order valence-electron chi connectivity index (χ3n) is 3.22. The Labute approximate surface area is 95.8 Å². The third-order valence-corrected chi connectivity index (χ3v) is 3.22. The first-order chi connectivity index (χ1) is 7.79. The summed E-state index contributed by atoms with van der Waals surface area (Å²) in [6.45, 7) is 0. The Bertz CT molecular complexity index is 370. The number of ketones is 1. The van der Waals surface area contributed by atoms with E-state index in [4.69, 9.17) is 4.74 Å². The zero-order chi connectivity index (χ0) is 11.4. The number of nitrogens with zero attached hydrogens (tertiary/aromatic N) is 1. The smallest absolute Gasteiger partial charge is 0.164 e. The maximum atomic E-state index is 12.0. The monoisotopic (exact) mass is 219 g/mol. The van der Waals surface area contributed by atoms with Gasteiger partial charge in [0.25, 0.3) is 0 Å². The van der Waals surface area contributed by atoms with Gasteiger partial charge >= 0.3 is 0 Å². The Morgan fingerprint density at radius 3 is 2.88 bits per heavy atom. The maximum absolute atomic E-state index is 12.0. The molecule has 1 aromatic rings. The van der Waals surface area contributed by atoms with Gasteiger partial charge in [-0.1, -0.05) is 25.7 Å². The van der Waals surface area contributed by atoms with Crippen LogP contribution in [0.5, 0.6) is 5.75 Å². The minimum Gasteiger partial charge on any atom is -0.495 e. The molecule has 86 valence electrons. The topological polar surface area (TPSA) is 39.2 Å². The lowest BCUT2D eigenvalue weighted by atomic mass is 9.98. The molecule has 1 heterocycles. The first kappa shape index (κ1) is 11.1. The average Bonchev–Trinajstić information content (AvgIpc) is 2.82. The second-order valence-electron chi connectivity index (χ2n) is 4.39. The van der Waals surface area contributed by atoms with Gasteiger partial charge in [-0.3, -0.25) is 9.78 Å². The second-order valence-corrected chi connectivity index (χ2v) is 4.39. The van der Waals surface area contributed by atoms with Gasteiger partial charge < -0.3 is 4.74 Å². The van der Waals surface area contributed by atoms with Crippen LogP contribution < -0.4 is 4.74 Å². The maximum Gasteiger partial charge on any atom is 0.164 e. The summed E-state index contributed by atoms with van der Waals surface area (Å²) in [6, 6.07) is 1.77. The van der Waals surface area contributed by atoms with E-state index in [-0.39, 0.29) is 5.78 Å². The summed E-state index contributed by atoms with van der Waals surface area (Å²) in [6.07, 6.45) is 8.84. The highest BCUT2D eigenvalue weighted by atomic mass is 16.5. The van der Waals surface area contributed by atoms with Crippen molar-refractivity contribution < 1.29 is 9.53 Å². The van der Waals surface area contributed by atoms with Crippen molar-refractivity contribution in [2.45, 2.75) is 32.1 Å².